The van der Waals surface area contributed by atoms with Gasteiger partial charge in [0.1, 0.15) is 6.07 Å². The Morgan fingerprint density at radius 3 is 2.37 bits per heavy atom. The summed E-state index contributed by atoms with van der Waals surface area (Å²) in [5, 5.41) is 15.0. The maximum absolute atomic E-state index is 12.2. The predicted octanol–water partition coefficient (Wildman–Crippen LogP) is 3.44. The van der Waals surface area contributed by atoms with Gasteiger partial charge in [-0.15, -0.1) is 11.8 Å². The molecule has 2 rings (SSSR count). The highest BCUT2D eigenvalue weighted by Crippen LogP contribution is 2.24. The van der Waals surface area contributed by atoms with E-state index in [2.05, 4.69) is 10.6 Å². The molecule has 2 N–H and O–H groups in total. The number of halogens is 1. The second-order valence-corrected chi connectivity index (χ2v) is 7.06. The van der Waals surface area contributed by atoms with Crippen LogP contribution < -0.4 is 10.6 Å². The lowest BCUT2D eigenvalue weighted by atomic mass is 10.2. The number of amides is 2. The third-order valence-electron chi connectivity index (χ3n) is 3.58. The minimum absolute atomic E-state index is 0.00498. The molecule has 0 aliphatic heterocycles. The lowest BCUT2D eigenvalue weighted by Crippen LogP contribution is -2.36. The number of rotatable bonds is 7. The fourth-order valence-electron chi connectivity index (χ4n) is 2.39. The van der Waals surface area contributed by atoms with Crippen molar-refractivity contribution in [3.63, 3.8) is 0 Å². The largest absolute Gasteiger partial charge is 0.324 e. The first-order valence-corrected chi connectivity index (χ1v) is 9.64. The summed E-state index contributed by atoms with van der Waals surface area (Å²) in [6.07, 6.45) is 1.94. The monoisotopic (exact) mass is 402 g/mol. The van der Waals surface area contributed by atoms with Crippen LogP contribution >= 0.6 is 23.4 Å². The van der Waals surface area contributed by atoms with Crippen molar-refractivity contribution in [1.82, 2.24) is 4.90 Å². The summed E-state index contributed by atoms with van der Waals surface area (Å²) >= 11 is 7.45. The highest BCUT2D eigenvalue weighted by molar-refractivity contribution is 7.98. The molecule has 0 saturated carbocycles. The van der Waals surface area contributed by atoms with Crippen LogP contribution in [0.15, 0.2) is 47.4 Å². The lowest BCUT2D eigenvalue weighted by molar-refractivity contribution is -0.119. The highest BCUT2D eigenvalue weighted by atomic mass is 35.5. The van der Waals surface area contributed by atoms with Gasteiger partial charge >= 0.3 is 0 Å². The van der Waals surface area contributed by atoms with Crippen molar-refractivity contribution in [3.05, 3.63) is 53.1 Å². The third-order valence-corrected chi connectivity index (χ3v) is 4.62. The Kier molecular flexibility index (Phi) is 7.67. The number of hydrogen-bond acceptors (Lipinski definition) is 5. The standard InChI is InChI=1S/C19H19ClN4O2S/c1-24(11-18(25)22-15-5-3-4-6-17(15)27-2)12-19(26)23-16-9-14(20)8-7-13(16)10-21/h3-9H,11-12H2,1-2H3,(H,22,25)(H,23,26). The van der Waals surface area contributed by atoms with E-state index >= 15 is 0 Å². The maximum Gasteiger partial charge on any atom is 0.238 e. The van der Waals surface area contributed by atoms with E-state index < -0.39 is 0 Å². The van der Waals surface area contributed by atoms with E-state index in [1.165, 1.54) is 12.1 Å². The summed E-state index contributed by atoms with van der Waals surface area (Å²) in [5.74, 6) is -0.555. The van der Waals surface area contributed by atoms with Gasteiger partial charge in [-0.05, 0) is 43.6 Å². The Morgan fingerprint density at radius 1 is 1.11 bits per heavy atom. The molecule has 0 aliphatic rings. The first-order valence-electron chi connectivity index (χ1n) is 8.04. The Hall–Kier alpha value is -2.53. The number of carbonyl (C=O) groups is 2. The summed E-state index contributed by atoms with van der Waals surface area (Å²) in [5.41, 5.74) is 1.41. The molecule has 0 saturated heterocycles. The molecule has 8 heteroatoms. The molecule has 2 amide bonds. The second-order valence-electron chi connectivity index (χ2n) is 5.77. The fraction of sp³-hybridized carbons (Fsp3) is 0.211. The number of carbonyl (C=O) groups excluding carboxylic acids is 2. The molecule has 6 nitrogen and oxygen atoms in total. The normalized spacial score (nSPS) is 10.3. The molecule has 0 spiro atoms. The van der Waals surface area contributed by atoms with Crippen LogP contribution in [-0.4, -0.2) is 43.1 Å². The SMILES string of the molecule is CSc1ccccc1NC(=O)CN(C)CC(=O)Nc1cc(Cl)ccc1C#N. The molecule has 0 unspecified atom stereocenters. The number of nitrogens with one attached hydrogen (secondary N) is 2. The van der Waals surface area contributed by atoms with Crippen LogP contribution in [0.3, 0.4) is 0 Å². The maximum atomic E-state index is 12.2. The van der Waals surface area contributed by atoms with Crippen LogP contribution in [0.1, 0.15) is 5.56 Å². The van der Waals surface area contributed by atoms with Crippen molar-refractivity contribution in [3.8, 4) is 6.07 Å². The zero-order chi connectivity index (χ0) is 19.8. The summed E-state index contributed by atoms with van der Waals surface area (Å²) in [4.78, 5) is 27.0. The zero-order valence-corrected chi connectivity index (χ0v) is 16.5. The number of thioether (sulfide) groups is 1. The molecular formula is C19H19ClN4O2S. The van der Waals surface area contributed by atoms with Crippen molar-refractivity contribution in [1.29, 1.82) is 5.26 Å². The quantitative estimate of drug-likeness (QED) is 0.693. The van der Waals surface area contributed by atoms with Crippen LogP contribution in [0.25, 0.3) is 0 Å². The van der Waals surface area contributed by atoms with Crippen LogP contribution in [0.2, 0.25) is 5.02 Å². The van der Waals surface area contributed by atoms with Crippen molar-refractivity contribution >= 4 is 46.6 Å². The highest BCUT2D eigenvalue weighted by Gasteiger charge is 2.13. The van der Waals surface area contributed by atoms with E-state index in [4.69, 9.17) is 16.9 Å². The van der Waals surface area contributed by atoms with E-state index in [1.807, 2.05) is 36.6 Å². The first kappa shape index (κ1) is 20.8. The first-order chi connectivity index (χ1) is 12.9. The molecule has 0 aromatic heterocycles. The molecule has 0 heterocycles. The van der Waals surface area contributed by atoms with Crippen LogP contribution in [0.4, 0.5) is 11.4 Å². The van der Waals surface area contributed by atoms with Gasteiger partial charge in [0, 0.05) is 9.92 Å². The topological polar surface area (TPSA) is 85.2 Å². The van der Waals surface area contributed by atoms with Gasteiger partial charge in [-0.3, -0.25) is 14.5 Å². The number of anilines is 2. The van der Waals surface area contributed by atoms with E-state index in [-0.39, 0.29) is 24.9 Å². The molecule has 0 bridgehead atoms. The molecule has 0 radical (unpaired) electrons. The van der Waals surface area contributed by atoms with Crippen LogP contribution in [0, 0.1) is 11.3 Å². The smallest absolute Gasteiger partial charge is 0.238 e. The molecule has 140 valence electrons. The number of nitrogens with zero attached hydrogens (tertiary/aromatic N) is 2. The van der Waals surface area contributed by atoms with Gasteiger partial charge in [0.2, 0.25) is 11.8 Å². The van der Waals surface area contributed by atoms with E-state index in [1.54, 1.807) is 29.8 Å². The minimum atomic E-state index is -0.339. The summed E-state index contributed by atoms with van der Waals surface area (Å²) < 4.78 is 0. The van der Waals surface area contributed by atoms with Crippen LogP contribution in [-0.2, 0) is 9.59 Å². The Bertz CT molecular complexity index is 882. The van der Waals surface area contributed by atoms with Crippen molar-refractivity contribution in [2.24, 2.45) is 0 Å². The van der Waals surface area contributed by atoms with Gasteiger partial charge in [0.05, 0.1) is 30.0 Å². The number of nitriles is 1. The molecular weight excluding hydrogens is 384 g/mol. The van der Waals surface area contributed by atoms with Gasteiger partial charge in [0.15, 0.2) is 0 Å². The van der Waals surface area contributed by atoms with E-state index in [9.17, 15) is 9.59 Å². The third kappa shape index (κ3) is 6.29. The minimum Gasteiger partial charge on any atom is -0.324 e. The van der Waals surface area contributed by atoms with Gasteiger partial charge in [-0.2, -0.15) is 5.26 Å². The molecule has 0 atom stereocenters. The number of para-hydroxylation sites is 1. The van der Waals surface area contributed by atoms with Gasteiger partial charge in [0.25, 0.3) is 0 Å². The Morgan fingerprint density at radius 2 is 1.74 bits per heavy atom. The van der Waals surface area contributed by atoms with E-state index in [0.29, 0.717) is 16.3 Å². The molecule has 2 aromatic carbocycles. The summed E-state index contributed by atoms with van der Waals surface area (Å²) in [7, 11) is 1.67. The van der Waals surface area contributed by atoms with Gasteiger partial charge in [-0.1, -0.05) is 23.7 Å². The second kappa shape index (κ2) is 9.97. The Balaban J connectivity index is 1.90. The van der Waals surface area contributed by atoms with Gasteiger partial charge < -0.3 is 10.6 Å². The van der Waals surface area contributed by atoms with Gasteiger partial charge in [-0.25, -0.2) is 0 Å². The molecule has 27 heavy (non-hydrogen) atoms. The van der Waals surface area contributed by atoms with Crippen molar-refractivity contribution in [2.75, 3.05) is 37.0 Å². The average Bonchev–Trinajstić information content (AvgIpc) is 2.62. The van der Waals surface area contributed by atoms with Crippen LogP contribution in [0.5, 0.6) is 0 Å². The van der Waals surface area contributed by atoms with E-state index in [0.717, 1.165) is 10.6 Å². The number of hydrogen-bond donors (Lipinski definition) is 2. The molecule has 0 aliphatic carbocycles. The summed E-state index contributed by atoms with van der Waals surface area (Å²) in [6.45, 7) is 0.0474. The molecule has 2 aromatic rings. The Labute approximate surface area is 167 Å². The van der Waals surface area contributed by atoms with Crippen molar-refractivity contribution in [2.45, 2.75) is 4.90 Å². The number of benzene rings is 2. The lowest BCUT2D eigenvalue weighted by Gasteiger charge is -2.17. The fourth-order valence-corrected chi connectivity index (χ4v) is 3.12. The molecule has 0 fully saturated rings. The van der Waals surface area contributed by atoms with Crippen molar-refractivity contribution < 1.29 is 9.59 Å². The average molecular weight is 403 g/mol. The number of likely N-dealkylation sites (N-methyl/N-ethyl adjacent to an activating group) is 1. The predicted molar refractivity (Wildman–Crippen MR) is 109 cm³/mol. The zero-order valence-electron chi connectivity index (χ0n) is 15.0. The summed E-state index contributed by atoms with van der Waals surface area (Å²) in [6, 6.07) is 14.2.